The molecule has 1 unspecified atom stereocenters. The number of aryl methyl sites for hydroxylation is 2. The van der Waals surface area contributed by atoms with Gasteiger partial charge in [-0.3, -0.25) is 0 Å². The van der Waals surface area contributed by atoms with E-state index in [-0.39, 0.29) is 0 Å². The van der Waals surface area contributed by atoms with Gasteiger partial charge in [-0.15, -0.1) is 11.3 Å². The van der Waals surface area contributed by atoms with Crippen LogP contribution in [-0.4, -0.2) is 10.3 Å². The van der Waals surface area contributed by atoms with Crippen LogP contribution in [0.2, 0.25) is 0 Å². The lowest BCUT2D eigenvalue weighted by atomic mass is 9.95. The highest BCUT2D eigenvalue weighted by atomic mass is 79.9. The largest absolute Gasteiger partial charge is 0.250 e. The van der Waals surface area contributed by atoms with E-state index < -0.39 is 0 Å². The lowest BCUT2D eigenvalue weighted by molar-refractivity contribution is 0.594. The van der Waals surface area contributed by atoms with Crippen molar-refractivity contribution in [3.05, 3.63) is 51.5 Å². The first-order chi connectivity index (χ1) is 8.69. The van der Waals surface area contributed by atoms with Gasteiger partial charge in [0.15, 0.2) is 0 Å². The molecule has 0 N–H and O–H groups in total. The number of halogens is 1. The van der Waals surface area contributed by atoms with E-state index in [1.165, 1.54) is 16.0 Å². The van der Waals surface area contributed by atoms with Crippen LogP contribution in [0.5, 0.6) is 0 Å². The highest BCUT2D eigenvalue weighted by Crippen LogP contribution is 2.22. The minimum atomic E-state index is 0.644. The maximum absolute atomic E-state index is 4.33. The zero-order chi connectivity index (χ0) is 13.0. The zero-order valence-electron chi connectivity index (χ0n) is 10.8. The summed E-state index contributed by atoms with van der Waals surface area (Å²) < 4.78 is 0. The SMILES string of the molecule is Cc1ncc(CC(CBr)Cc2ccccc2C)s1. The molecule has 0 spiro atoms. The van der Waals surface area contributed by atoms with Crippen molar-refractivity contribution in [2.45, 2.75) is 26.7 Å². The predicted molar refractivity (Wildman–Crippen MR) is 82.7 cm³/mol. The highest BCUT2D eigenvalue weighted by Gasteiger charge is 2.12. The monoisotopic (exact) mass is 323 g/mol. The Hall–Kier alpha value is -0.670. The van der Waals surface area contributed by atoms with Gasteiger partial charge < -0.3 is 0 Å². The number of aromatic nitrogens is 1. The fourth-order valence-electron chi connectivity index (χ4n) is 2.12. The lowest BCUT2D eigenvalue weighted by Gasteiger charge is -2.14. The molecule has 1 aromatic carbocycles. The molecular formula is C15H18BrNS. The van der Waals surface area contributed by atoms with Crippen LogP contribution in [-0.2, 0) is 12.8 Å². The maximum atomic E-state index is 4.33. The van der Waals surface area contributed by atoms with Gasteiger partial charge in [0.25, 0.3) is 0 Å². The van der Waals surface area contributed by atoms with Crippen molar-refractivity contribution in [3.63, 3.8) is 0 Å². The van der Waals surface area contributed by atoms with Crippen molar-refractivity contribution in [1.29, 1.82) is 0 Å². The van der Waals surface area contributed by atoms with Gasteiger partial charge in [0.2, 0.25) is 0 Å². The molecule has 2 aromatic rings. The molecule has 0 fully saturated rings. The van der Waals surface area contributed by atoms with E-state index in [1.54, 1.807) is 0 Å². The molecule has 0 saturated carbocycles. The van der Waals surface area contributed by atoms with E-state index >= 15 is 0 Å². The van der Waals surface area contributed by atoms with Crippen molar-refractivity contribution in [2.75, 3.05) is 5.33 Å². The molecule has 1 atom stereocenters. The Labute approximate surface area is 121 Å². The second-order valence-corrected chi connectivity index (χ2v) is 6.67. The van der Waals surface area contributed by atoms with Crippen molar-refractivity contribution >= 4 is 27.3 Å². The van der Waals surface area contributed by atoms with Gasteiger partial charge in [-0.1, -0.05) is 40.2 Å². The van der Waals surface area contributed by atoms with Crippen molar-refractivity contribution in [1.82, 2.24) is 4.98 Å². The third-order valence-corrected chi connectivity index (χ3v) is 5.00. The van der Waals surface area contributed by atoms with Gasteiger partial charge >= 0.3 is 0 Å². The Balaban J connectivity index is 2.04. The Morgan fingerprint density at radius 1 is 1.22 bits per heavy atom. The number of benzene rings is 1. The molecule has 1 nitrogen and oxygen atoms in total. The Morgan fingerprint density at radius 2 is 2.00 bits per heavy atom. The van der Waals surface area contributed by atoms with Gasteiger partial charge in [-0.25, -0.2) is 4.98 Å². The van der Waals surface area contributed by atoms with E-state index in [9.17, 15) is 0 Å². The first-order valence-electron chi connectivity index (χ1n) is 6.21. The summed E-state index contributed by atoms with van der Waals surface area (Å²) >= 11 is 5.46. The van der Waals surface area contributed by atoms with Crippen LogP contribution in [0.4, 0.5) is 0 Å². The second kappa shape index (κ2) is 6.48. The molecule has 18 heavy (non-hydrogen) atoms. The molecule has 0 aliphatic rings. The highest BCUT2D eigenvalue weighted by molar-refractivity contribution is 9.09. The van der Waals surface area contributed by atoms with Crippen molar-refractivity contribution in [3.8, 4) is 0 Å². The summed E-state index contributed by atoms with van der Waals surface area (Å²) in [5, 5.41) is 2.20. The minimum Gasteiger partial charge on any atom is -0.250 e. The molecule has 0 aliphatic heterocycles. The predicted octanol–water partition coefficient (Wildman–Crippen LogP) is 4.56. The van der Waals surface area contributed by atoms with E-state index in [4.69, 9.17) is 0 Å². The molecule has 0 amide bonds. The molecule has 1 heterocycles. The summed E-state index contributed by atoms with van der Waals surface area (Å²) in [7, 11) is 0. The first-order valence-corrected chi connectivity index (χ1v) is 8.14. The van der Waals surface area contributed by atoms with Crippen LogP contribution < -0.4 is 0 Å². The molecule has 3 heteroatoms. The van der Waals surface area contributed by atoms with Gasteiger partial charge in [-0.05, 0) is 43.7 Å². The quantitative estimate of drug-likeness (QED) is 0.735. The van der Waals surface area contributed by atoms with Crippen molar-refractivity contribution in [2.24, 2.45) is 5.92 Å². The number of nitrogens with zero attached hydrogens (tertiary/aromatic N) is 1. The van der Waals surface area contributed by atoms with Gasteiger partial charge in [0, 0.05) is 16.4 Å². The fourth-order valence-corrected chi connectivity index (χ4v) is 3.48. The number of alkyl halides is 1. The average Bonchev–Trinajstić information content (AvgIpc) is 2.76. The van der Waals surface area contributed by atoms with Crippen LogP contribution in [0, 0.1) is 19.8 Å². The lowest BCUT2D eigenvalue weighted by Crippen LogP contribution is -2.10. The first kappa shape index (κ1) is 13.8. The van der Waals surface area contributed by atoms with Crippen LogP contribution in [0.1, 0.15) is 21.0 Å². The summed E-state index contributed by atoms with van der Waals surface area (Å²) in [5.74, 6) is 0.644. The minimum absolute atomic E-state index is 0.644. The third-order valence-electron chi connectivity index (χ3n) is 3.15. The number of hydrogen-bond acceptors (Lipinski definition) is 2. The molecule has 0 radical (unpaired) electrons. The molecule has 2 rings (SSSR count). The van der Waals surface area contributed by atoms with Crippen LogP contribution >= 0.6 is 27.3 Å². The summed E-state index contributed by atoms with van der Waals surface area (Å²) in [6, 6.07) is 8.67. The standard InChI is InChI=1S/C15H18BrNS/c1-11-5-3-4-6-14(11)7-13(9-16)8-15-10-17-12(2)18-15/h3-6,10,13H,7-9H2,1-2H3. The van der Waals surface area contributed by atoms with Gasteiger partial charge in [0.05, 0.1) is 5.01 Å². The summed E-state index contributed by atoms with van der Waals surface area (Å²) in [6.07, 6.45) is 4.27. The summed E-state index contributed by atoms with van der Waals surface area (Å²) in [4.78, 5) is 5.73. The Bertz CT molecular complexity index is 507. The Morgan fingerprint density at radius 3 is 2.61 bits per heavy atom. The number of rotatable bonds is 5. The third kappa shape index (κ3) is 3.66. The van der Waals surface area contributed by atoms with E-state index in [2.05, 4.69) is 59.0 Å². The van der Waals surface area contributed by atoms with Crippen LogP contribution in [0.15, 0.2) is 30.5 Å². The van der Waals surface area contributed by atoms with Crippen LogP contribution in [0.25, 0.3) is 0 Å². The topological polar surface area (TPSA) is 12.9 Å². The number of thiazole rings is 1. The van der Waals surface area contributed by atoms with Crippen molar-refractivity contribution < 1.29 is 0 Å². The molecule has 0 aliphatic carbocycles. The van der Waals surface area contributed by atoms with Gasteiger partial charge in [0.1, 0.15) is 0 Å². The second-order valence-electron chi connectivity index (χ2n) is 4.70. The zero-order valence-corrected chi connectivity index (χ0v) is 13.2. The van der Waals surface area contributed by atoms with Crippen LogP contribution in [0.3, 0.4) is 0 Å². The van der Waals surface area contributed by atoms with E-state index in [1.807, 2.05) is 17.5 Å². The molecule has 1 aromatic heterocycles. The summed E-state index contributed by atoms with van der Waals surface area (Å²) in [6.45, 7) is 4.26. The van der Waals surface area contributed by atoms with E-state index in [0.717, 1.165) is 23.2 Å². The average molecular weight is 324 g/mol. The Kier molecular flexibility index (Phi) is 4.95. The summed E-state index contributed by atoms with van der Waals surface area (Å²) in [5.41, 5.74) is 2.85. The molecule has 0 saturated heterocycles. The normalized spacial score (nSPS) is 12.6. The molecule has 0 bridgehead atoms. The fraction of sp³-hybridized carbons (Fsp3) is 0.400. The van der Waals surface area contributed by atoms with E-state index in [0.29, 0.717) is 5.92 Å². The van der Waals surface area contributed by atoms with Gasteiger partial charge in [-0.2, -0.15) is 0 Å². The molecular weight excluding hydrogens is 306 g/mol. The molecule has 96 valence electrons. The maximum Gasteiger partial charge on any atom is 0.0896 e. The smallest absolute Gasteiger partial charge is 0.0896 e. The number of hydrogen-bond donors (Lipinski definition) is 0.